The summed E-state index contributed by atoms with van der Waals surface area (Å²) in [6.07, 6.45) is 7.68. The molecule has 0 aliphatic heterocycles. The van der Waals surface area contributed by atoms with Gasteiger partial charge in [-0.3, -0.25) is 0 Å². The van der Waals surface area contributed by atoms with Crippen molar-refractivity contribution in [2.45, 2.75) is 51.6 Å². The first-order chi connectivity index (χ1) is 5.75. The lowest BCUT2D eigenvalue weighted by molar-refractivity contribution is 0.0377. The highest BCUT2D eigenvalue weighted by atomic mass is 16.3. The number of hydrogen-bond donors (Lipinski definition) is 1. The second-order valence-corrected chi connectivity index (χ2v) is 4.91. The van der Waals surface area contributed by atoms with E-state index in [0.29, 0.717) is 0 Å². The van der Waals surface area contributed by atoms with E-state index < -0.39 is 0 Å². The summed E-state index contributed by atoms with van der Waals surface area (Å²) in [5, 5.41) is 9.51. The summed E-state index contributed by atoms with van der Waals surface area (Å²) in [6, 6.07) is 0. The fourth-order valence-corrected chi connectivity index (χ4v) is 3.10. The van der Waals surface area contributed by atoms with Gasteiger partial charge in [-0.1, -0.05) is 13.3 Å². The summed E-state index contributed by atoms with van der Waals surface area (Å²) >= 11 is 0. The van der Waals surface area contributed by atoms with Crippen LogP contribution in [0.2, 0.25) is 0 Å². The van der Waals surface area contributed by atoms with E-state index in [1.165, 1.54) is 25.7 Å². The van der Waals surface area contributed by atoms with Crippen molar-refractivity contribution < 1.29 is 5.11 Å². The van der Waals surface area contributed by atoms with Gasteiger partial charge >= 0.3 is 0 Å². The molecule has 4 unspecified atom stereocenters. The minimum absolute atomic E-state index is 0.0275. The number of rotatable bonds is 0. The molecule has 2 saturated carbocycles. The van der Waals surface area contributed by atoms with Gasteiger partial charge in [0.15, 0.2) is 0 Å². The molecular formula is C11H20O. The van der Waals surface area contributed by atoms with Gasteiger partial charge in [-0.25, -0.2) is 0 Å². The highest BCUT2D eigenvalue weighted by Crippen LogP contribution is 2.42. The van der Waals surface area contributed by atoms with E-state index in [2.05, 4.69) is 6.92 Å². The summed E-state index contributed by atoms with van der Waals surface area (Å²) in [7, 11) is 0. The normalized spacial score (nSPS) is 48.5. The molecule has 0 aromatic rings. The van der Waals surface area contributed by atoms with E-state index in [4.69, 9.17) is 0 Å². The van der Waals surface area contributed by atoms with Gasteiger partial charge < -0.3 is 5.11 Å². The molecule has 2 aliphatic carbocycles. The third-order valence-corrected chi connectivity index (χ3v) is 3.85. The lowest BCUT2D eigenvalue weighted by atomic mass is 9.67. The van der Waals surface area contributed by atoms with Gasteiger partial charge in [-0.05, 0) is 49.9 Å². The quantitative estimate of drug-likeness (QED) is 0.589. The molecule has 0 bridgehead atoms. The van der Waals surface area contributed by atoms with Crippen molar-refractivity contribution in [2.24, 2.45) is 17.8 Å². The van der Waals surface area contributed by atoms with Gasteiger partial charge in [0.05, 0.1) is 6.10 Å². The number of fused-ring (bicyclic) bond motifs is 1. The maximum absolute atomic E-state index is 9.51. The van der Waals surface area contributed by atoms with E-state index >= 15 is 0 Å². The van der Waals surface area contributed by atoms with Crippen molar-refractivity contribution in [3.8, 4) is 0 Å². The van der Waals surface area contributed by atoms with Gasteiger partial charge in [0.25, 0.3) is 0 Å². The number of hydrogen-bond acceptors (Lipinski definition) is 1. The largest absolute Gasteiger partial charge is 0.393 e. The van der Waals surface area contributed by atoms with E-state index in [1.807, 2.05) is 0 Å². The lowest BCUT2D eigenvalue weighted by Gasteiger charge is -2.40. The lowest BCUT2D eigenvalue weighted by Crippen LogP contribution is -2.32. The molecule has 70 valence electrons. The Kier molecular flexibility index (Phi) is 2.40. The predicted molar refractivity (Wildman–Crippen MR) is 49.9 cm³/mol. The van der Waals surface area contributed by atoms with Gasteiger partial charge in [-0.15, -0.1) is 0 Å². The average molecular weight is 168 g/mol. The third-order valence-electron chi connectivity index (χ3n) is 3.85. The second-order valence-electron chi connectivity index (χ2n) is 4.91. The van der Waals surface area contributed by atoms with Crippen LogP contribution in [-0.4, -0.2) is 11.2 Å². The van der Waals surface area contributed by atoms with Crippen molar-refractivity contribution in [2.75, 3.05) is 0 Å². The van der Waals surface area contributed by atoms with Gasteiger partial charge in [0.2, 0.25) is 0 Å². The Morgan fingerprint density at radius 2 is 1.58 bits per heavy atom. The van der Waals surface area contributed by atoms with E-state index in [-0.39, 0.29) is 6.10 Å². The summed E-state index contributed by atoms with van der Waals surface area (Å²) in [5.41, 5.74) is 0. The van der Waals surface area contributed by atoms with Gasteiger partial charge in [0.1, 0.15) is 0 Å². The highest BCUT2D eigenvalue weighted by molar-refractivity contribution is 4.84. The van der Waals surface area contributed by atoms with E-state index in [9.17, 15) is 5.11 Å². The molecule has 1 nitrogen and oxygen atoms in total. The van der Waals surface area contributed by atoms with Crippen LogP contribution in [0.5, 0.6) is 0 Å². The molecule has 0 saturated heterocycles. The standard InChI is InChI=1S/C11H20O/c1-8-2-3-10-7-11(12)5-4-9(10)6-8/h8-12H,2-7H2,1H3. The Labute approximate surface area is 75.2 Å². The number of aliphatic hydroxyl groups is 1. The zero-order valence-corrected chi connectivity index (χ0v) is 8.00. The van der Waals surface area contributed by atoms with Crippen LogP contribution in [0.3, 0.4) is 0 Å². The van der Waals surface area contributed by atoms with Crippen molar-refractivity contribution in [3.05, 3.63) is 0 Å². The van der Waals surface area contributed by atoms with Crippen LogP contribution in [0.1, 0.15) is 45.4 Å². The highest BCUT2D eigenvalue weighted by Gasteiger charge is 2.33. The SMILES string of the molecule is CC1CCC2CC(O)CCC2C1. The van der Waals surface area contributed by atoms with Crippen LogP contribution < -0.4 is 0 Å². The Balaban J connectivity index is 1.94. The zero-order valence-electron chi connectivity index (χ0n) is 8.00. The van der Waals surface area contributed by atoms with E-state index in [0.717, 1.165) is 30.6 Å². The van der Waals surface area contributed by atoms with Crippen LogP contribution >= 0.6 is 0 Å². The summed E-state index contributed by atoms with van der Waals surface area (Å²) in [5.74, 6) is 2.77. The molecule has 12 heavy (non-hydrogen) atoms. The van der Waals surface area contributed by atoms with Crippen LogP contribution in [-0.2, 0) is 0 Å². The molecule has 0 heterocycles. The summed E-state index contributed by atoms with van der Waals surface area (Å²) < 4.78 is 0. The van der Waals surface area contributed by atoms with Crippen LogP contribution in [0, 0.1) is 17.8 Å². The Morgan fingerprint density at radius 3 is 2.42 bits per heavy atom. The maximum Gasteiger partial charge on any atom is 0.0543 e. The first-order valence-electron chi connectivity index (χ1n) is 5.43. The monoisotopic (exact) mass is 168 g/mol. The molecule has 4 atom stereocenters. The predicted octanol–water partition coefficient (Wildman–Crippen LogP) is 2.58. The van der Waals surface area contributed by atoms with Crippen LogP contribution in [0.15, 0.2) is 0 Å². The molecule has 0 aromatic heterocycles. The molecule has 1 heteroatoms. The van der Waals surface area contributed by atoms with Crippen molar-refractivity contribution >= 4 is 0 Å². The molecule has 0 amide bonds. The average Bonchev–Trinajstić information content (AvgIpc) is 2.05. The molecular weight excluding hydrogens is 148 g/mol. The molecule has 1 N–H and O–H groups in total. The Hall–Kier alpha value is -0.0400. The molecule has 2 rings (SSSR count). The first kappa shape index (κ1) is 8.55. The fourth-order valence-electron chi connectivity index (χ4n) is 3.10. The Morgan fingerprint density at radius 1 is 0.917 bits per heavy atom. The van der Waals surface area contributed by atoms with Gasteiger partial charge in [0, 0.05) is 0 Å². The zero-order chi connectivity index (χ0) is 8.55. The van der Waals surface area contributed by atoms with E-state index in [1.54, 1.807) is 0 Å². The summed E-state index contributed by atoms with van der Waals surface area (Å²) in [4.78, 5) is 0. The minimum atomic E-state index is 0.0275. The molecule has 2 fully saturated rings. The van der Waals surface area contributed by atoms with Crippen molar-refractivity contribution in [1.82, 2.24) is 0 Å². The fraction of sp³-hybridized carbons (Fsp3) is 1.00. The Bertz CT molecular complexity index is 137. The maximum atomic E-state index is 9.51. The van der Waals surface area contributed by atoms with Crippen molar-refractivity contribution in [3.63, 3.8) is 0 Å². The topological polar surface area (TPSA) is 20.2 Å². The summed E-state index contributed by atoms with van der Waals surface area (Å²) in [6.45, 7) is 2.38. The minimum Gasteiger partial charge on any atom is -0.393 e. The van der Waals surface area contributed by atoms with Crippen LogP contribution in [0.25, 0.3) is 0 Å². The molecule has 0 radical (unpaired) electrons. The third kappa shape index (κ3) is 1.66. The van der Waals surface area contributed by atoms with Crippen molar-refractivity contribution in [1.29, 1.82) is 0 Å². The smallest absolute Gasteiger partial charge is 0.0543 e. The second kappa shape index (κ2) is 3.37. The molecule has 0 aromatic carbocycles. The molecule has 0 spiro atoms. The van der Waals surface area contributed by atoms with Crippen LogP contribution in [0.4, 0.5) is 0 Å². The van der Waals surface area contributed by atoms with Gasteiger partial charge in [-0.2, -0.15) is 0 Å². The molecule has 2 aliphatic rings. The number of aliphatic hydroxyl groups excluding tert-OH is 1. The first-order valence-corrected chi connectivity index (χ1v) is 5.43.